The second kappa shape index (κ2) is 4.21. The molecule has 0 spiro atoms. The average molecular weight is 264 g/mol. The van der Waals surface area contributed by atoms with Crippen molar-refractivity contribution in [2.45, 2.75) is 19.3 Å². The van der Waals surface area contributed by atoms with Gasteiger partial charge in [-0.3, -0.25) is 0 Å². The van der Waals surface area contributed by atoms with Gasteiger partial charge in [0.1, 0.15) is 11.6 Å². The Kier molecular flexibility index (Phi) is 2.67. The normalized spacial score (nSPS) is 13.7. The van der Waals surface area contributed by atoms with Crippen molar-refractivity contribution >= 4 is 17.4 Å². The fraction of sp³-hybridized carbons (Fsp3) is 0.308. The first-order valence-corrected chi connectivity index (χ1v) is 6.28. The molecule has 4 nitrogen and oxygen atoms in total. The van der Waals surface area contributed by atoms with Gasteiger partial charge in [0.15, 0.2) is 0 Å². The quantitative estimate of drug-likeness (QED) is 0.906. The molecule has 0 amide bonds. The number of halogens is 1. The van der Waals surface area contributed by atoms with E-state index in [-0.39, 0.29) is 0 Å². The number of hydrogen-bond acceptors (Lipinski definition) is 3. The number of nitrogens with zero attached hydrogens (tertiary/aromatic N) is 2. The predicted octanol–water partition coefficient (Wildman–Crippen LogP) is 2.61. The van der Waals surface area contributed by atoms with Gasteiger partial charge in [0.05, 0.1) is 17.8 Å². The van der Waals surface area contributed by atoms with Crippen molar-refractivity contribution in [1.29, 1.82) is 0 Å². The van der Waals surface area contributed by atoms with Gasteiger partial charge in [-0.1, -0.05) is 11.6 Å². The molecule has 0 bridgehead atoms. The maximum Gasteiger partial charge on any atom is 0.149 e. The molecule has 0 aliphatic heterocycles. The Hall–Kier alpha value is -1.68. The van der Waals surface area contributed by atoms with Crippen LogP contribution < -0.4 is 10.5 Å². The Bertz CT molecular complexity index is 607. The maximum absolute atomic E-state index is 6.03. The molecule has 1 aromatic heterocycles. The first kappa shape index (κ1) is 11.4. The lowest BCUT2D eigenvalue weighted by atomic mass is 10.2. The average Bonchev–Trinajstić information content (AvgIpc) is 2.95. The molecule has 1 aromatic carbocycles. The number of aromatic nitrogens is 2. The van der Waals surface area contributed by atoms with Crippen LogP contribution in [-0.4, -0.2) is 16.9 Å². The molecule has 1 heterocycles. The summed E-state index contributed by atoms with van der Waals surface area (Å²) < 4.78 is 7.13. The third-order valence-corrected chi connectivity index (χ3v) is 3.65. The zero-order valence-corrected chi connectivity index (χ0v) is 10.9. The molecule has 2 N–H and O–H groups in total. The van der Waals surface area contributed by atoms with Crippen molar-refractivity contribution in [2.75, 3.05) is 12.8 Å². The minimum Gasteiger partial charge on any atom is -0.495 e. The van der Waals surface area contributed by atoms with E-state index in [4.69, 9.17) is 22.1 Å². The van der Waals surface area contributed by atoms with E-state index in [0.717, 1.165) is 24.9 Å². The second-order valence-electron chi connectivity index (χ2n) is 4.39. The highest BCUT2D eigenvalue weighted by Gasteiger charge is 2.21. The number of nitrogens with two attached hydrogens (primary N) is 1. The Morgan fingerprint density at radius 2 is 2.22 bits per heavy atom. The molecular formula is C13H14ClN3O. The van der Waals surface area contributed by atoms with E-state index >= 15 is 0 Å². The lowest BCUT2D eigenvalue weighted by Crippen LogP contribution is -2.02. The predicted molar refractivity (Wildman–Crippen MR) is 71.6 cm³/mol. The number of anilines is 1. The summed E-state index contributed by atoms with van der Waals surface area (Å²) in [6.07, 6.45) is 3.18. The van der Waals surface area contributed by atoms with Gasteiger partial charge in [-0.05, 0) is 31.4 Å². The molecule has 0 fully saturated rings. The van der Waals surface area contributed by atoms with Gasteiger partial charge in [0, 0.05) is 17.3 Å². The lowest BCUT2D eigenvalue weighted by molar-refractivity contribution is 0.414. The standard InChI is InChI=1S/C13H14ClN3O/c1-18-12-7-8(5-6-10(12)14)17-11-4-2-3-9(11)13(15)16-17/h5-7H,2-4H2,1H3,(H2,15,16). The van der Waals surface area contributed by atoms with Gasteiger partial charge in [-0.2, -0.15) is 5.10 Å². The number of rotatable bonds is 2. The van der Waals surface area contributed by atoms with Gasteiger partial charge < -0.3 is 10.5 Å². The van der Waals surface area contributed by atoms with Crippen molar-refractivity contribution in [3.63, 3.8) is 0 Å². The summed E-state index contributed by atoms with van der Waals surface area (Å²) in [5, 5.41) is 5.00. The summed E-state index contributed by atoms with van der Waals surface area (Å²) in [6, 6.07) is 5.62. The van der Waals surface area contributed by atoms with E-state index in [1.54, 1.807) is 7.11 Å². The summed E-state index contributed by atoms with van der Waals surface area (Å²) >= 11 is 6.03. The van der Waals surface area contributed by atoms with Crippen molar-refractivity contribution in [3.05, 3.63) is 34.5 Å². The van der Waals surface area contributed by atoms with Crippen molar-refractivity contribution in [1.82, 2.24) is 9.78 Å². The zero-order valence-electron chi connectivity index (χ0n) is 10.1. The molecule has 1 aliphatic rings. The molecule has 18 heavy (non-hydrogen) atoms. The van der Waals surface area contributed by atoms with Crippen LogP contribution in [0.25, 0.3) is 5.69 Å². The Balaban J connectivity index is 2.13. The molecular weight excluding hydrogens is 250 g/mol. The number of fused-ring (bicyclic) bond motifs is 1. The molecule has 1 aliphatic carbocycles. The van der Waals surface area contributed by atoms with Crippen LogP contribution in [0.5, 0.6) is 5.75 Å². The van der Waals surface area contributed by atoms with Gasteiger partial charge in [0.25, 0.3) is 0 Å². The molecule has 0 atom stereocenters. The molecule has 2 aromatic rings. The fourth-order valence-electron chi connectivity index (χ4n) is 2.46. The smallest absolute Gasteiger partial charge is 0.149 e. The van der Waals surface area contributed by atoms with Crippen LogP contribution in [0, 0.1) is 0 Å². The van der Waals surface area contributed by atoms with Crippen LogP contribution in [0.1, 0.15) is 17.7 Å². The van der Waals surface area contributed by atoms with Crippen LogP contribution in [-0.2, 0) is 12.8 Å². The van der Waals surface area contributed by atoms with Gasteiger partial charge in [0.2, 0.25) is 0 Å². The highest BCUT2D eigenvalue weighted by atomic mass is 35.5. The molecule has 0 saturated heterocycles. The maximum atomic E-state index is 6.03. The molecule has 0 unspecified atom stereocenters. The summed E-state index contributed by atoms with van der Waals surface area (Å²) in [5.41, 5.74) is 9.27. The molecule has 3 rings (SSSR count). The Morgan fingerprint density at radius 3 is 3.00 bits per heavy atom. The van der Waals surface area contributed by atoms with E-state index in [2.05, 4.69) is 5.10 Å². The summed E-state index contributed by atoms with van der Waals surface area (Å²) in [5.74, 6) is 1.28. The van der Waals surface area contributed by atoms with Crippen LogP contribution in [0.3, 0.4) is 0 Å². The van der Waals surface area contributed by atoms with Crippen LogP contribution in [0.4, 0.5) is 5.82 Å². The molecule has 5 heteroatoms. The minimum atomic E-state index is 0.595. The van der Waals surface area contributed by atoms with E-state index in [1.807, 2.05) is 22.9 Å². The lowest BCUT2D eigenvalue weighted by Gasteiger charge is -2.08. The molecule has 94 valence electrons. The third kappa shape index (κ3) is 1.64. The van der Waals surface area contributed by atoms with E-state index in [1.165, 1.54) is 11.3 Å². The zero-order chi connectivity index (χ0) is 12.7. The van der Waals surface area contributed by atoms with E-state index in [0.29, 0.717) is 16.6 Å². The van der Waals surface area contributed by atoms with Gasteiger partial charge >= 0.3 is 0 Å². The third-order valence-electron chi connectivity index (χ3n) is 3.34. The first-order valence-electron chi connectivity index (χ1n) is 5.91. The summed E-state index contributed by atoms with van der Waals surface area (Å²) in [6.45, 7) is 0. The number of nitrogen functional groups attached to an aromatic ring is 1. The number of ether oxygens (including phenoxy) is 1. The van der Waals surface area contributed by atoms with Crippen LogP contribution in [0.15, 0.2) is 18.2 Å². The van der Waals surface area contributed by atoms with Crippen LogP contribution >= 0.6 is 11.6 Å². The highest BCUT2D eigenvalue weighted by molar-refractivity contribution is 6.32. The van der Waals surface area contributed by atoms with Crippen molar-refractivity contribution < 1.29 is 4.74 Å². The number of methoxy groups -OCH3 is 1. The number of hydrogen-bond donors (Lipinski definition) is 1. The van der Waals surface area contributed by atoms with Gasteiger partial charge in [-0.15, -0.1) is 0 Å². The fourth-order valence-corrected chi connectivity index (χ4v) is 2.65. The van der Waals surface area contributed by atoms with E-state index < -0.39 is 0 Å². The molecule has 0 saturated carbocycles. The molecule has 0 radical (unpaired) electrons. The largest absolute Gasteiger partial charge is 0.495 e. The monoisotopic (exact) mass is 263 g/mol. The van der Waals surface area contributed by atoms with E-state index in [9.17, 15) is 0 Å². The van der Waals surface area contributed by atoms with Gasteiger partial charge in [-0.25, -0.2) is 4.68 Å². The number of benzene rings is 1. The van der Waals surface area contributed by atoms with Crippen molar-refractivity contribution in [3.8, 4) is 11.4 Å². The minimum absolute atomic E-state index is 0.595. The highest BCUT2D eigenvalue weighted by Crippen LogP contribution is 2.32. The topological polar surface area (TPSA) is 53.1 Å². The SMILES string of the molecule is COc1cc(-n2nc(N)c3c2CCC3)ccc1Cl. The summed E-state index contributed by atoms with van der Waals surface area (Å²) in [7, 11) is 1.60. The summed E-state index contributed by atoms with van der Waals surface area (Å²) in [4.78, 5) is 0. The Labute approximate surface area is 110 Å². The first-order chi connectivity index (χ1) is 8.70. The Morgan fingerprint density at radius 1 is 1.39 bits per heavy atom. The second-order valence-corrected chi connectivity index (χ2v) is 4.80. The van der Waals surface area contributed by atoms with Crippen molar-refractivity contribution in [2.24, 2.45) is 0 Å². The van der Waals surface area contributed by atoms with Crippen LogP contribution in [0.2, 0.25) is 5.02 Å².